The third-order valence-electron chi connectivity index (χ3n) is 2.38. The van der Waals surface area contributed by atoms with Crippen molar-refractivity contribution in [2.45, 2.75) is 52.6 Å². The molecule has 0 aromatic carbocycles. The van der Waals surface area contributed by atoms with Crippen LogP contribution in [0.25, 0.3) is 0 Å². The average molecular weight is 234 g/mol. The van der Waals surface area contributed by atoms with E-state index in [-0.39, 0.29) is 6.29 Å². The van der Waals surface area contributed by atoms with E-state index >= 15 is 0 Å². The number of ether oxygens (including phenoxy) is 2. The van der Waals surface area contributed by atoms with Gasteiger partial charge in [0.1, 0.15) is 0 Å². The Labute approximate surface area is 99.1 Å². The van der Waals surface area contributed by atoms with Crippen molar-refractivity contribution in [1.29, 1.82) is 0 Å². The lowest BCUT2D eigenvalue weighted by Gasteiger charge is -2.19. The summed E-state index contributed by atoms with van der Waals surface area (Å²) in [6.07, 6.45) is 0.982. The van der Waals surface area contributed by atoms with E-state index in [9.17, 15) is 0 Å². The smallest absolute Gasteiger partial charge is 0.158 e. The quantitative estimate of drug-likeness (QED) is 0.568. The molecule has 0 aromatic heterocycles. The fourth-order valence-electron chi connectivity index (χ4n) is 1.13. The first kappa shape index (κ1) is 15.3. The molecule has 0 spiro atoms. The van der Waals surface area contributed by atoms with Gasteiger partial charge >= 0.3 is 0 Å². The number of hydrogen-bond acceptors (Lipinski definition) is 3. The maximum atomic E-state index is 5.49. The lowest BCUT2D eigenvalue weighted by atomic mass is 10.2. The molecule has 0 radical (unpaired) electrons. The molecule has 0 aromatic rings. The summed E-state index contributed by atoms with van der Waals surface area (Å²) in [5.41, 5.74) is 0. The van der Waals surface area contributed by atoms with E-state index in [4.69, 9.17) is 9.47 Å². The van der Waals surface area contributed by atoms with Crippen molar-refractivity contribution in [3.8, 4) is 0 Å². The molecule has 92 valence electrons. The Hall–Kier alpha value is 0.270. The van der Waals surface area contributed by atoms with Crippen molar-refractivity contribution in [1.82, 2.24) is 0 Å². The topological polar surface area (TPSA) is 18.5 Å². The van der Waals surface area contributed by atoms with Crippen molar-refractivity contribution >= 4 is 11.8 Å². The Morgan fingerprint density at radius 1 is 1.00 bits per heavy atom. The van der Waals surface area contributed by atoms with Gasteiger partial charge in [0, 0.05) is 24.9 Å². The van der Waals surface area contributed by atoms with Crippen molar-refractivity contribution in [2.24, 2.45) is 5.92 Å². The molecule has 0 bridgehead atoms. The normalized spacial score (nSPS) is 13.8. The first-order valence-electron chi connectivity index (χ1n) is 5.96. The Kier molecular flexibility index (Phi) is 9.66. The second-order valence-electron chi connectivity index (χ2n) is 3.95. The lowest BCUT2D eigenvalue weighted by Crippen LogP contribution is -2.19. The summed E-state index contributed by atoms with van der Waals surface area (Å²) in [6.45, 7) is 12.3. The summed E-state index contributed by atoms with van der Waals surface area (Å²) in [4.78, 5) is 0. The third-order valence-corrected chi connectivity index (χ3v) is 3.92. The van der Waals surface area contributed by atoms with Gasteiger partial charge in [-0.05, 0) is 25.5 Å². The Morgan fingerprint density at radius 3 is 1.93 bits per heavy atom. The third kappa shape index (κ3) is 8.12. The van der Waals surface area contributed by atoms with E-state index in [1.165, 1.54) is 0 Å². The number of thioether (sulfide) groups is 1. The second kappa shape index (κ2) is 9.49. The fourth-order valence-corrected chi connectivity index (χ4v) is 2.21. The molecular weight excluding hydrogens is 208 g/mol. The van der Waals surface area contributed by atoms with Gasteiger partial charge < -0.3 is 9.47 Å². The standard InChI is InChI=1S/C12H26O2S/c1-6-13-12(14-7-2)8-9-15-11(5)10(3)4/h10-12H,6-9H2,1-5H3. The van der Waals surface area contributed by atoms with Crippen LogP contribution in [0.1, 0.15) is 41.0 Å². The average Bonchev–Trinajstić information content (AvgIpc) is 2.18. The molecule has 0 aliphatic rings. The maximum Gasteiger partial charge on any atom is 0.158 e. The molecule has 2 nitrogen and oxygen atoms in total. The maximum absolute atomic E-state index is 5.49. The van der Waals surface area contributed by atoms with Crippen LogP contribution in [0.15, 0.2) is 0 Å². The van der Waals surface area contributed by atoms with Gasteiger partial charge in [0.15, 0.2) is 6.29 Å². The molecular formula is C12H26O2S. The first-order chi connectivity index (χ1) is 7.11. The van der Waals surface area contributed by atoms with Crippen molar-refractivity contribution in [3.63, 3.8) is 0 Å². The zero-order valence-corrected chi connectivity index (χ0v) is 11.6. The zero-order chi connectivity index (χ0) is 11.7. The molecule has 0 fully saturated rings. The van der Waals surface area contributed by atoms with Crippen LogP contribution in [0.2, 0.25) is 0 Å². The van der Waals surface area contributed by atoms with Gasteiger partial charge in [0.2, 0.25) is 0 Å². The first-order valence-corrected chi connectivity index (χ1v) is 7.01. The molecule has 1 atom stereocenters. The predicted molar refractivity (Wildman–Crippen MR) is 68.4 cm³/mol. The summed E-state index contributed by atoms with van der Waals surface area (Å²) in [7, 11) is 0. The summed E-state index contributed by atoms with van der Waals surface area (Å²) >= 11 is 2.00. The minimum absolute atomic E-state index is 0.00753. The minimum atomic E-state index is -0.00753. The van der Waals surface area contributed by atoms with Gasteiger partial charge in [-0.2, -0.15) is 11.8 Å². The molecule has 0 saturated heterocycles. The van der Waals surface area contributed by atoms with Crippen LogP contribution in [0.4, 0.5) is 0 Å². The molecule has 0 N–H and O–H groups in total. The highest BCUT2D eigenvalue weighted by atomic mass is 32.2. The molecule has 0 aliphatic heterocycles. The Balaban J connectivity index is 3.60. The highest BCUT2D eigenvalue weighted by Gasteiger charge is 2.11. The molecule has 15 heavy (non-hydrogen) atoms. The van der Waals surface area contributed by atoms with E-state index < -0.39 is 0 Å². The SMILES string of the molecule is CCOC(CCSC(C)C(C)C)OCC. The van der Waals surface area contributed by atoms with E-state index in [0.717, 1.165) is 31.3 Å². The molecule has 0 heterocycles. The van der Waals surface area contributed by atoms with Crippen LogP contribution in [0, 0.1) is 5.92 Å². The fraction of sp³-hybridized carbons (Fsp3) is 1.00. The zero-order valence-electron chi connectivity index (χ0n) is 10.8. The van der Waals surface area contributed by atoms with Crippen LogP contribution in [0.3, 0.4) is 0 Å². The Bertz CT molecular complexity index is 134. The summed E-state index contributed by atoms with van der Waals surface area (Å²) in [6, 6.07) is 0. The molecule has 1 unspecified atom stereocenters. The minimum Gasteiger partial charge on any atom is -0.353 e. The number of hydrogen-bond donors (Lipinski definition) is 0. The summed E-state index contributed by atoms with van der Waals surface area (Å²) in [5.74, 6) is 1.86. The van der Waals surface area contributed by atoms with Crippen molar-refractivity contribution < 1.29 is 9.47 Å². The van der Waals surface area contributed by atoms with E-state index in [0.29, 0.717) is 5.25 Å². The van der Waals surface area contributed by atoms with Gasteiger partial charge in [-0.15, -0.1) is 0 Å². The molecule has 3 heteroatoms. The van der Waals surface area contributed by atoms with Gasteiger partial charge in [-0.25, -0.2) is 0 Å². The molecule has 0 rings (SSSR count). The lowest BCUT2D eigenvalue weighted by molar-refractivity contribution is -0.136. The summed E-state index contributed by atoms with van der Waals surface area (Å²) < 4.78 is 11.0. The van der Waals surface area contributed by atoms with Crippen LogP contribution in [-0.2, 0) is 9.47 Å². The second-order valence-corrected chi connectivity index (χ2v) is 5.43. The van der Waals surface area contributed by atoms with E-state index in [1.807, 2.05) is 25.6 Å². The van der Waals surface area contributed by atoms with Gasteiger partial charge in [0.25, 0.3) is 0 Å². The van der Waals surface area contributed by atoms with Gasteiger partial charge in [-0.1, -0.05) is 20.8 Å². The molecule has 0 saturated carbocycles. The van der Waals surface area contributed by atoms with E-state index in [2.05, 4.69) is 20.8 Å². The highest BCUT2D eigenvalue weighted by Crippen LogP contribution is 2.20. The van der Waals surface area contributed by atoms with Crippen molar-refractivity contribution in [3.05, 3.63) is 0 Å². The summed E-state index contributed by atoms with van der Waals surface area (Å²) in [5, 5.41) is 0.717. The van der Waals surface area contributed by atoms with Gasteiger partial charge in [0.05, 0.1) is 0 Å². The molecule has 0 aliphatic carbocycles. The van der Waals surface area contributed by atoms with Crippen molar-refractivity contribution in [2.75, 3.05) is 19.0 Å². The predicted octanol–water partition coefficient (Wildman–Crippen LogP) is 3.55. The monoisotopic (exact) mass is 234 g/mol. The van der Waals surface area contributed by atoms with Crippen LogP contribution < -0.4 is 0 Å². The van der Waals surface area contributed by atoms with Crippen LogP contribution in [0.5, 0.6) is 0 Å². The number of rotatable bonds is 9. The Morgan fingerprint density at radius 2 is 1.53 bits per heavy atom. The largest absolute Gasteiger partial charge is 0.353 e. The van der Waals surface area contributed by atoms with Crippen LogP contribution >= 0.6 is 11.8 Å². The molecule has 0 amide bonds. The van der Waals surface area contributed by atoms with Gasteiger partial charge in [-0.3, -0.25) is 0 Å². The van der Waals surface area contributed by atoms with Crippen LogP contribution in [-0.4, -0.2) is 30.5 Å². The van der Waals surface area contributed by atoms with E-state index in [1.54, 1.807) is 0 Å². The highest BCUT2D eigenvalue weighted by molar-refractivity contribution is 7.99.